The molecule has 1 aliphatic carbocycles. The molecule has 2 unspecified atom stereocenters. The van der Waals surface area contributed by atoms with Crippen LogP contribution in [0, 0.1) is 5.92 Å². The fraction of sp³-hybridized carbons (Fsp3) is 0.318. The Labute approximate surface area is 180 Å². The van der Waals surface area contributed by atoms with E-state index in [1.54, 1.807) is 0 Å². The third kappa shape index (κ3) is 3.73. The summed E-state index contributed by atoms with van der Waals surface area (Å²) in [6, 6.07) is 7.69. The Balaban J connectivity index is 1.89. The number of aliphatic hydroxyl groups is 4. The summed E-state index contributed by atoms with van der Waals surface area (Å²) in [7, 11) is 0. The Morgan fingerprint density at radius 1 is 0.938 bits per heavy atom. The van der Waals surface area contributed by atoms with Crippen LogP contribution in [0.1, 0.15) is 6.42 Å². The Hall–Kier alpha value is -3.31. The van der Waals surface area contributed by atoms with Crippen LogP contribution < -0.4 is 10.2 Å². The molecule has 0 aliphatic heterocycles. The average Bonchev–Trinajstić information content (AvgIpc) is 2.75. The first kappa shape index (κ1) is 21.9. The lowest BCUT2D eigenvalue weighted by molar-refractivity contribution is -0.157. The van der Waals surface area contributed by atoms with Crippen molar-refractivity contribution in [2.24, 2.45) is 5.92 Å². The molecule has 1 saturated carbocycles. The van der Waals surface area contributed by atoms with Gasteiger partial charge in [0, 0.05) is 30.2 Å². The van der Waals surface area contributed by atoms with Gasteiger partial charge in [0.2, 0.25) is 11.2 Å². The van der Waals surface area contributed by atoms with Crippen LogP contribution in [-0.2, 0) is 0 Å². The number of phenols is 3. The summed E-state index contributed by atoms with van der Waals surface area (Å²) in [5.41, 5.74) is -0.625. The summed E-state index contributed by atoms with van der Waals surface area (Å²) < 4.78 is 11.6. The van der Waals surface area contributed by atoms with Crippen molar-refractivity contribution in [2.45, 2.75) is 30.8 Å². The highest BCUT2D eigenvalue weighted by Gasteiger charge is 2.44. The highest BCUT2D eigenvalue weighted by Crippen LogP contribution is 2.38. The Morgan fingerprint density at radius 2 is 1.62 bits per heavy atom. The molecule has 0 amide bonds. The summed E-state index contributed by atoms with van der Waals surface area (Å²) in [5, 5.41) is 69.4. The molecule has 1 fully saturated rings. The van der Waals surface area contributed by atoms with Gasteiger partial charge in [0.1, 0.15) is 46.5 Å². The Kier molecular flexibility index (Phi) is 5.70. The van der Waals surface area contributed by atoms with Crippen molar-refractivity contribution in [3.05, 3.63) is 46.6 Å². The largest absolute Gasteiger partial charge is 0.508 e. The van der Waals surface area contributed by atoms with Crippen molar-refractivity contribution in [3.63, 3.8) is 0 Å². The molecule has 1 heterocycles. The van der Waals surface area contributed by atoms with E-state index in [0.717, 1.165) is 12.1 Å². The van der Waals surface area contributed by atoms with Crippen LogP contribution in [0.5, 0.6) is 23.0 Å². The van der Waals surface area contributed by atoms with Crippen molar-refractivity contribution in [1.29, 1.82) is 0 Å². The van der Waals surface area contributed by atoms with Gasteiger partial charge in [-0.2, -0.15) is 0 Å². The number of aliphatic hydroxyl groups excluding tert-OH is 4. The predicted molar refractivity (Wildman–Crippen MR) is 111 cm³/mol. The van der Waals surface area contributed by atoms with Gasteiger partial charge in [-0.3, -0.25) is 4.79 Å². The molecule has 32 heavy (non-hydrogen) atoms. The molecule has 170 valence electrons. The van der Waals surface area contributed by atoms with Crippen molar-refractivity contribution < 1.29 is 44.9 Å². The van der Waals surface area contributed by atoms with Crippen molar-refractivity contribution in [3.8, 4) is 34.3 Å². The second-order valence-corrected chi connectivity index (χ2v) is 7.78. The third-order valence-corrected chi connectivity index (χ3v) is 5.65. The number of phenolic OH excluding ortho intramolecular Hbond substituents is 3. The summed E-state index contributed by atoms with van der Waals surface area (Å²) >= 11 is 0. The Bertz CT molecular complexity index is 1180. The lowest BCUT2D eigenvalue weighted by Gasteiger charge is -2.39. The molecule has 0 radical (unpaired) electrons. The molecule has 2 aromatic carbocycles. The lowest BCUT2D eigenvalue weighted by Crippen LogP contribution is -2.56. The van der Waals surface area contributed by atoms with Crippen LogP contribution >= 0.6 is 0 Å². The van der Waals surface area contributed by atoms with Crippen molar-refractivity contribution in [1.82, 2.24) is 0 Å². The van der Waals surface area contributed by atoms with Crippen LogP contribution in [0.15, 0.2) is 45.6 Å². The normalized spacial score (nSPS) is 25.7. The van der Waals surface area contributed by atoms with E-state index in [1.165, 1.54) is 24.3 Å². The zero-order valence-electron chi connectivity index (χ0n) is 16.6. The Morgan fingerprint density at radius 3 is 2.28 bits per heavy atom. The second-order valence-electron chi connectivity index (χ2n) is 7.78. The van der Waals surface area contributed by atoms with Crippen LogP contribution in [0.3, 0.4) is 0 Å². The fourth-order valence-electron chi connectivity index (χ4n) is 3.91. The third-order valence-electron chi connectivity index (χ3n) is 5.65. The number of aromatic hydroxyl groups is 3. The molecular formula is C22H22O10. The molecule has 1 aliphatic rings. The second kappa shape index (κ2) is 8.32. The zero-order chi connectivity index (χ0) is 23.2. The quantitative estimate of drug-likeness (QED) is 0.297. The number of hydrogen-bond acceptors (Lipinski definition) is 10. The summed E-state index contributed by atoms with van der Waals surface area (Å²) in [4.78, 5) is 13.3. The maximum absolute atomic E-state index is 13.3. The molecule has 10 heteroatoms. The summed E-state index contributed by atoms with van der Waals surface area (Å²) in [5.74, 6) is -2.25. The van der Waals surface area contributed by atoms with Gasteiger partial charge in [-0.05, 0) is 30.7 Å². The molecule has 4 rings (SSSR count). The maximum atomic E-state index is 13.3. The maximum Gasteiger partial charge on any atom is 0.239 e. The first-order valence-electron chi connectivity index (χ1n) is 9.85. The van der Waals surface area contributed by atoms with Gasteiger partial charge in [0.05, 0.1) is 6.10 Å². The lowest BCUT2D eigenvalue weighted by atomic mass is 9.81. The number of benzene rings is 2. The van der Waals surface area contributed by atoms with Crippen molar-refractivity contribution >= 4 is 11.0 Å². The molecule has 7 N–H and O–H groups in total. The van der Waals surface area contributed by atoms with Gasteiger partial charge >= 0.3 is 0 Å². The fourth-order valence-corrected chi connectivity index (χ4v) is 3.91. The van der Waals surface area contributed by atoms with Crippen LogP contribution in [0.2, 0.25) is 0 Å². The molecular weight excluding hydrogens is 424 g/mol. The van der Waals surface area contributed by atoms with Gasteiger partial charge in [-0.15, -0.1) is 0 Å². The molecule has 0 bridgehead atoms. The smallest absolute Gasteiger partial charge is 0.239 e. The molecule has 3 aromatic rings. The molecule has 0 saturated heterocycles. The van der Waals surface area contributed by atoms with Crippen LogP contribution in [0.25, 0.3) is 22.3 Å². The molecule has 10 nitrogen and oxygen atoms in total. The van der Waals surface area contributed by atoms with E-state index in [0.29, 0.717) is 5.56 Å². The first-order chi connectivity index (χ1) is 15.2. The van der Waals surface area contributed by atoms with E-state index in [-0.39, 0.29) is 34.6 Å². The standard InChI is InChI=1S/C22H22O10/c23-8-10-5-15(18(28)20(30)17(10)27)32-22-19(29)16-13(26)6-12(25)7-14(16)31-21(22)9-1-3-11(24)4-2-9/h1-4,6-7,10,15,17-18,20,23-28,30H,5,8H2/t10?,15-,17-,18-,20?/m0/s1. The van der Waals surface area contributed by atoms with Gasteiger partial charge in [-0.1, -0.05) is 0 Å². The highest BCUT2D eigenvalue weighted by atomic mass is 16.5. The van der Waals surface area contributed by atoms with E-state index in [4.69, 9.17) is 9.15 Å². The number of rotatable bonds is 4. The van der Waals surface area contributed by atoms with E-state index in [2.05, 4.69) is 0 Å². The van der Waals surface area contributed by atoms with E-state index >= 15 is 0 Å². The minimum absolute atomic E-state index is 0.0414. The van der Waals surface area contributed by atoms with Crippen molar-refractivity contribution in [2.75, 3.05) is 6.61 Å². The van der Waals surface area contributed by atoms with E-state index in [1.807, 2.05) is 0 Å². The number of fused-ring (bicyclic) bond motifs is 1. The first-order valence-corrected chi connectivity index (χ1v) is 9.85. The van der Waals surface area contributed by atoms with Gasteiger partial charge in [-0.25, -0.2) is 0 Å². The van der Waals surface area contributed by atoms with Crippen LogP contribution in [0.4, 0.5) is 0 Å². The predicted octanol–water partition coefficient (Wildman–Crippen LogP) is 0.419. The minimum atomic E-state index is -1.62. The summed E-state index contributed by atoms with van der Waals surface area (Å²) in [6.45, 7) is -0.484. The highest BCUT2D eigenvalue weighted by molar-refractivity contribution is 5.88. The van der Waals surface area contributed by atoms with Crippen LogP contribution in [-0.4, -0.2) is 66.8 Å². The molecule has 0 spiro atoms. The topological polar surface area (TPSA) is 181 Å². The number of hydrogen-bond donors (Lipinski definition) is 7. The van der Waals surface area contributed by atoms with Gasteiger partial charge in [0.15, 0.2) is 5.76 Å². The van der Waals surface area contributed by atoms with E-state index < -0.39 is 53.9 Å². The molecule has 1 aromatic heterocycles. The summed E-state index contributed by atoms with van der Waals surface area (Å²) in [6.07, 6.45) is -5.86. The average molecular weight is 446 g/mol. The van der Waals surface area contributed by atoms with Gasteiger partial charge < -0.3 is 44.9 Å². The molecule has 5 atom stereocenters. The van der Waals surface area contributed by atoms with Gasteiger partial charge in [0.25, 0.3) is 0 Å². The zero-order valence-corrected chi connectivity index (χ0v) is 16.6. The van der Waals surface area contributed by atoms with E-state index in [9.17, 15) is 40.5 Å². The number of ether oxygens (including phenoxy) is 1. The monoisotopic (exact) mass is 446 g/mol. The minimum Gasteiger partial charge on any atom is -0.508 e. The SMILES string of the molecule is O=c1c(O[C@H]2CC(CO)[C@H](O)C(O)[C@H]2O)c(-c2ccc(O)cc2)oc2cc(O)cc(O)c12.